The minimum Gasteiger partial charge on any atom is -0.492 e. The van der Waals surface area contributed by atoms with Crippen molar-refractivity contribution in [1.82, 2.24) is 15.5 Å². The number of ether oxygens (including phenoxy) is 2. The molecule has 0 aliphatic carbocycles. The van der Waals surface area contributed by atoms with Crippen LogP contribution in [0.5, 0.6) is 5.75 Å². The molecule has 25 heavy (non-hydrogen) atoms. The lowest BCUT2D eigenvalue weighted by Gasteiger charge is -2.08. The van der Waals surface area contributed by atoms with E-state index in [0.717, 1.165) is 29.8 Å². The Kier molecular flexibility index (Phi) is 7.00. The van der Waals surface area contributed by atoms with Crippen LogP contribution in [0.25, 0.3) is 0 Å². The molecular formula is C18H23N3O4. The molecule has 7 nitrogen and oxygen atoms in total. The molecular weight excluding hydrogens is 322 g/mol. The summed E-state index contributed by atoms with van der Waals surface area (Å²) in [6, 6.07) is 9.30. The summed E-state index contributed by atoms with van der Waals surface area (Å²) in [5.41, 5.74) is 2.15. The summed E-state index contributed by atoms with van der Waals surface area (Å²) in [5.74, 6) is -0.252. The van der Waals surface area contributed by atoms with Gasteiger partial charge in [-0.3, -0.25) is 9.89 Å². The van der Waals surface area contributed by atoms with Crippen molar-refractivity contribution in [3.63, 3.8) is 0 Å². The van der Waals surface area contributed by atoms with Gasteiger partial charge in [0.25, 0.3) is 5.91 Å². The molecule has 0 saturated carbocycles. The number of hydrogen-bond acceptors (Lipinski definition) is 5. The molecule has 0 aliphatic heterocycles. The van der Waals surface area contributed by atoms with Gasteiger partial charge in [0.1, 0.15) is 12.4 Å². The summed E-state index contributed by atoms with van der Waals surface area (Å²) < 4.78 is 10.5. The molecule has 2 aromatic rings. The van der Waals surface area contributed by atoms with Gasteiger partial charge in [0, 0.05) is 5.69 Å². The van der Waals surface area contributed by atoms with Crippen LogP contribution >= 0.6 is 0 Å². The summed E-state index contributed by atoms with van der Waals surface area (Å²) in [5, 5.41) is 9.28. The molecule has 7 heteroatoms. The number of benzene rings is 1. The van der Waals surface area contributed by atoms with E-state index in [4.69, 9.17) is 9.47 Å². The fraction of sp³-hybridized carbons (Fsp3) is 0.389. The number of aryl methyl sites for hydroxylation is 2. The SMILES string of the molecule is CCCc1cc(C(=O)OCC(=O)NCCOc2cccc(C)c2)n[nH]1. The van der Waals surface area contributed by atoms with Crippen molar-refractivity contribution in [1.29, 1.82) is 0 Å². The molecule has 2 N–H and O–H groups in total. The van der Waals surface area contributed by atoms with Crippen LogP contribution in [0.1, 0.15) is 35.1 Å². The van der Waals surface area contributed by atoms with E-state index >= 15 is 0 Å². The van der Waals surface area contributed by atoms with Crippen LogP contribution in [0.2, 0.25) is 0 Å². The molecule has 0 atom stereocenters. The minimum atomic E-state index is -0.621. The first kappa shape index (κ1) is 18.5. The topological polar surface area (TPSA) is 93.3 Å². The van der Waals surface area contributed by atoms with Crippen LogP contribution in [-0.4, -0.2) is 41.8 Å². The van der Waals surface area contributed by atoms with Gasteiger partial charge < -0.3 is 14.8 Å². The zero-order valence-electron chi connectivity index (χ0n) is 14.5. The molecule has 0 fully saturated rings. The predicted molar refractivity (Wildman–Crippen MR) is 92.5 cm³/mol. The summed E-state index contributed by atoms with van der Waals surface area (Å²) in [7, 11) is 0. The first-order valence-corrected chi connectivity index (χ1v) is 8.26. The molecule has 0 aliphatic rings. The Labute approximate surface area is 146 Å². The van der Waals surface area contributed by atoms with Crippen LogP contribution in [0.3, 0.4) is 0 Å². The Morgan fingerprint density at radius 1 is 1.28 bits per heavy atom. The molecule has 1 heterocycles. The summed E-state index contributed by atoms with van der Waals surface area (Å²) in [4.78, 5) is 23.5. The third kappa shape index (κ3) is 6.29. The Hall–Kier alpha value is -2.83. The second kappa shape index (κ2) is 9.46. The van der Waals surface area contributed by atoms with E-state index in [9.17, 15) is 9.59 Å². The number of aromatic amines is 1. The first-order chi connectivity index (χ1) is 12.1. The highest BCUT2D eigenvalue weighted by Crippen LogP contribution is 2.11. The van der Waals surface area contributed by atoms with Gasteiger partial charge in [0.2, 0.25) is 0 Å². The summed E-state index contributed by atoms with van der Waals surface area (Å²) in [6.07, 6.45) is 1.76. The number of hydrogen-bond donors (Lipinski definition) is 2. The third-order valence-electron chi connectivity index (χ3n) is 3.38. The van der Waals surface area contributed by atoms with Crippen molar-refractivity contribution in [3.05, 3.63) is 47.3 Å². The highest BCUT2D eigenvalue weighted by Gasteiger charge is 2.13. The molecule has 2 rings (SSSR count). The predicted octanol–water partition coefficient (Wildman–Crippen LogP) is 2.02. The number of esters is 1. The Bertz CT molecular complexity index is 712. The van der Waals surface area contributed by atoms with Crippen LogP contribution in [0.4, 0.5) is 0 Å². The van der Waals surface area contributed by atoms with E-state index < -0.39 is 5.97 Å². The Balaban J connectivity index is 1.63. The lowest BCUT2D eigenvalue weighted by molar-refractivity contribution is -0.124. The number of amides is 1. The maximum atomic E-state index is 11.8. The van der Waals surface area contributed by atoms with Crippen molar-refractivity contribution >= 4 is 11.9 Å². The summed E-state index contributed by atoms with van der Waals surface area (Å²) in [6.45, 7) is 4.33. The highest BCUT2D eigenvalue weighted by molar-refractivity contribution is 5.89. The van der Waals surface area contributed by atoms with Gasteiger partial charge in [0.15, 0.2) is 12.3 Å². The van der Waals surface area contributed by atoms with E-state index in [1.165, 1.54) is 0 Å². The fourth-order valence-corrected chi connectivity index (χ4v) is 2.18. The van der Waals surface area contributed by atoms with Gasteiger partial charge in [-0.2, -0.15) is 5.10 Å². The Morgan fingerprint density at radius 2 is 2.12 bits per heavy atom. The maximum absolute atomic E-state index is 11.8. The van der Waals surface area contributed by atoms with Crippen LogP contribution in [-0.2, 0) is 16.0 Å². The highest BCUT2D eigenvalue weighted by atomic mass is 16.5. The van der Waals surface area contributed by atoms with E-state index in [2.05, 4.69) is 15.5 Å². The van der Waals surface area contributed by atoms with Crippen molar-refractivity contribution in [3.8, 4) is 5.75 Å². The Morgan fingerprint density at radius 3 is 2.88 bits per heavy atom. The number of rotatable bonds is 9. The average molecular weight is 345 g/mol. The smallest absolute Gasteiger partial charge is 0.359 e. The molecule has 1 aromatic heterocycles. The maximum Gasteiger partial charge on any atom is 0.359 e. The molecule has 0 radical (unpaired) electrons. The van der Waals surface area contributed by atoms with Crippen LogP contribution < -0.4 is 10.1 Å². The molecule has 0 bridgehead atoms. The van der Waals surface area contributed by atoms with E-state index in [-0.39, 0.29) is 18.2 Å². The largest absolute Gasteiger partial charge is 0.492 e. The van der Waals surface area contributed by atoms with Crippen LogP contribution in [0, 0.1) is 6.92 Å². The normalized spacial score (nSPS) is 10.3. The zero-order valence-corrected chi connectivity index (χ0v) is 14.5. The number of nitrogens with one attached hydrogen (secondary N) is 2. The molecule has 1 amide bonds. The summed E-state index contributed by atoms with van der Waals surface area (Å²) >= 11 is 0. The lowest BCUT2D eigenvalue weighted by Crippen LogP contribution is -2.32. The van der Waals surface area contributed by atoms with Crippen LogP contribution in [0.15, 0.2) is 30.3 Å². The van der Waals surface area contributed by atoms with Crippen molar-refractivity contribution in [2.75, 3.05) is 19.8 Å². The minimum absolute atomic E-state index is 0.180. The molecule has 134 valence electrons. The first-order valence-electron chi connectivity index (χ1n) is 8.26. The third-order valence-corrected chi connectivity index (χ3v) is 3.38. The number of carbonyl (C=O) groups excluding carboxylic acids is 2. The number of H-pyrrole nitrogens is 1. The fourth-order valence-electron chi connectivity index (χ4n) is 2.18. The van der Waals surface area contributed by atoms with Gasteiger partial charge in [0.05, 0.1) is 6.54 Å². The average Bonchev–Trinajstić information content (AvgIpc) is 3.06. The second-order valence-electron chi connectivity index (χ2n) is 5.62. The van der Waals surface area contributed by atoms with E-state index in [1.807, 2.05) is 38.1 Å². The van der Waals surface area contributed by atoms with Gasteiger partial charge in [-0.25, -0.2) is 4.79 Å². The van der Waals surface area contributed by atoms with Crippen molar-refractivity contribution in [2.45, 2.75) is 26.7 Å². The lowest BCUT2D eigenvalue weighted by atomic mass is 10.2. The number of nitrogens with zero attached hydrogens (tertiary/aromatic N) is 1. The van der Waals surface area contributed by atoms with Gasteiger partial charge >= 0.3 is 5.97 Å². The van der Waals surface area contributed by atoms with Crippen molar-refractivity contribution < 1.29 is 19.1 Å². The molecule has 0 spiro atoms. The van der Waals surface area contributed by atoms with E-state index in [0.29, 0.717) is 13.2 Å². The monoisotopic (exact) mass is 345 g/mol. The van der Waals surface area contributed by atoms with E-state index in [1.54, 1.807) is 6.07 Å². The quantitative estimate of drug-likeness (QED) is 0.536. The zero-order chi connectivity index (χ0) is 18.1. The number of aromatic nitrogens is 2. The number of carbonyl (C=O) groups is 2. The van der Waals surface area contributed by atoms with Gasteiger partial charge in [-0.15, -0.1) is 0 Å². The molecule has 1 aromatic carbocycles. The molecule has 0 unspecified atom stereocenters. The second-order valence-corrected chi connectivity index (χ2v) is 5.62. The molecule has 0 saturated heterocycles. The standard InChI is InChI=1S/C18H23N3O4/c1-3-5-14-11-16(21-20-14)18(23)25-12-17(22)19-8-9-24-15-7-4-6-13(2)10-15/h4,6-7,10-11H,3,5,8-9,12H2,1-2H3,(H,19,22)(H,20,21). The van der Waals surface area contributed by atoms with Gasteiger partial charge in [-0.05, 0) is 37.1 Å². The van der Waals surface area contributed by atoms with Gasteiger partial charge in [-0.1, -0.05) is 25.5 Å². The van der Waals surface area contributed by atoms with Crippen molar-refractivity contribution in [2.24, 2.45) is 0 Å².